The van der Waals surface area contributed by atoms with Crippen molar-refractivity contribution in [3.05, 3.63) is 16.4 Å². The van der Waals surface area contributed by atoms with Crippen LogP contribution in [0.15, 0.2) is 6.33 Å². The number of nitro groups is 1. The van der Waals surface area contributed by atoms with Crippen molar-refractivity contribution in [1.29, 1.82) is 0 Å². The molecule has 0 aliphatic carbocycles. The van der Waals surface area contributed by atoms with Crippen LogP contribution in [0, 0.1) is 10.1 Å². The third-order valence-electron chi connectivity index (χ3n) is 1.67. The van der Waals surface area contributed by atoms with Crippen LogP contribution >= 0.6 is 0 Å². The highest BCUT2D eigenvalue weighted by molar-refractivity contribution is 5.68. The van der Waals surface area contributed by atoms with Gasteiger partial charge in [-0.05, 0) is 0 Å². The lowest BCUT2D eigenvalue weighted by molar-refractivity contribution is -0.383. The summed E-state index contributed by atoms with van der Waals surface area (Å²) >= 11 is 0. The summed E-state index contributed by atoms with van der Waals surface area (Å²) in [6, 6.07) is 0. The zero-order chi connectivity index (χ0) is 12.1. The number of nitrogens with zero attached hydrogens (tertiary/aromatic N) is 3. The van der Waals surface area contributed by atoms with Gasteiger partial charge < -0.3 is 10.6 Å². The molecule has 1 heterocycles. The number of halogens is 2. The Balaban J connectivity index is 3.02. The summed E-state index contributed by atoms with van der Waals surface area (Å²) in [7, 11) is 1.44. The molecule has 16 heavy (non-hydrogen) atoms. The van der Waals surface area contributed by atoms with Crippen LogP contribution in [0.5, 0.6) is 0 Å². The Morgan fingerprint density at radius 1 is 1.50 bits per heavy atom. The number of nitrogens with one attached hydrogen (secondary N) is 2. The van der Waals surface area contributed by atoms with Crippen LogP contribution in [0.25, 0.3) is 0 Å². The van der Waals surface area contributed by atoms with Crippen molar-refractivity contribution >= 4 is 17.3 Å². The molecule has 0 saturated heterocycles. The van der Waals surface area contributed by atoms with Gasteiger partial charge in [-0.25, -0.2) is 18.7 Å². The first-order valence-electron chi connectivity index (χ1n) is 4.25. The smallest absolute Gasteiger partial charge is 0.353 e. The molecule has 0 spiro atoms. The van der Waals surface area contributed by atoms with E-state index in [1.807, 2.05) is 0 Å². The summed E-state index contributed by atoms with van der Waals surface area (Å²) in [5, 5.41) is 15.4. The van der Waals surface area contributed by atoms with Crippen LogP contribution in [0.1, 0.15) is 0 Å². The lowest BCUT2D eigenvalue weighted by atomic mass is 10.4. The second kappa shape index (κ2) is 5.14. The molecule has 0 aromatic carbocycles. The van der Waals surface area contributed by atoms with E-state index < -0.39 is 23.6 Å². The fourth-order valence-corrected chi connectivity index (χ4v) is 1.04. The van der Waals surface area contributed by atoms with Crippen molar-refractivity contribution in [2.45, 2.75) is 6.43 Å². The van der Waals surface area contributed by atoms with Gasteiger partial charge in [-0.15, -0.1) is 0 Å². The molecule has 9 heteroatoms. The van der Waals surface area contributed by atoms with Gasteiger partial charge in [0.2, 0.25) is 11.6 Å². The molecule has 2 N–H and O–H groups in total. The highest BCUT2D eigenvalue weighted by Crippen LogP contribution is 2.28. The second-order valence-corrected chi connectivity index (χ2v) is 2.70. The lowest BCUT2D eigenvalue weighted by Crippen LogP contribution is -2.14. The molecule has 0 aliphatic rings. The maximum absolute atomic E-state index is 11.9. The van der Waals surface area contributed by atoms with Crippen LogP contribution in [-0.2, 0) is 0 Å². The van der Waals surface area contributed by atoms with Crippen LogP contribution in [0.2, 0.25) is 0 Å². The van der Waals surface area contributed by atoms with Gasteiger partial charge >= 0.3 is 5.69 Å². The Morgan fingerprint density at radius 3 is 2.62 bits per heavy atom. The van der Waals surface area contributed by atoms with E-state index in [4.69, 9.17) is 0 Å². The summed E-state index contributed by atoms with van der Waals surface area (Å²) in [6.07, 6.45) is -1.57. The summed E-state index contributed by atoms with van der Waals surface area (Å²) in [4.78, 5) is 17.1. The largest absolute Gasteiger partial charge is 0.367 e. The van der Waals surface area contributed by atoms with Gasteiger partial charge in [-0.2, -0.15) is 0 Å². The third kappa shape index (κ3) is 2.72. The number of anilines is 2. The van der Waals surface area contributed by atoms with E-state index in [9.17, 15) is 18.9 Å². The Labute approximate surface area is 89.0 Å². The summed E-state index contributed by atoms with van der Waals surface area (Å²) in [5.41, 5.74) is -0.453. The molecule has 0 unspecified atom stereocenters. The van der Waals surface area contributed by atoms with Crippen LogP contribution in [0.4, 0.5) is 26.1 Å². The van der Waals surface area contributed by atoms with Crippen molar-refractivity contribution < 1.29 is 13.7 Å². The molecule has 0 saturated carbocycles. The average molecular weight is 233 g/mol. The maximum Gasteiger partial charge on any atom is 0.353 e. The number of hydrogen-bond donors (Lipinski definition) is 2. The molecule has 1 aromatic heterocycles. The van der Waals surface area contributed by atoms with Gasteiger partial charge in [-0.3, -0.25) is 10.1 Å². The minimum atomic E-state index is -2.62. The third-order valence-corrected chi connectivity index (χ3v) is 1.67. The van der Waals surface area contributed by atoms with Gasteiger partial charge in [0.25, 0.3) is 6.43 Å². The molecule has 0 aliphatic heterocycles. The molecule has 7 nitrogen and oxygen atoms in total. The van der Waals surface area contributed by atoms with Crippen molar-refractivity contribution in [2.75, 3.05) is 24.2 Å². The van der Waals surface area contributed by atoms with E-state index in [0.717, 1.165) is 6.33 Å². The van der Waals surface area contributed by atoms with Gasteiger partial charge in [0.15, 0.2) is 0 Å². The standard InChI is InChI=1S/C7H9F2N5O2/c1-10-6-5(14(15)16)7(13-3-12-6)11-2-4(8)9/h3-4H,2H2,1H3,(H2,10,11,12,13). The molecule has 0 atom stereocenters. The Kier molecular flexibility index (Phi) is 3.86. The lowest BCUT2D eigenvalue weighted by Gasteiger charge is -2.07. The molecule has 1 rings (SSSR count). The van der Waals surface area contributed by atoms with E-state index in [2.05, 4.69) is 20.6 Å². The van der Waals surface area contributed by atoms with Crippen molar-refractivity contribution in [3.8, 4) is 0 Å². The first kappa shape index (κ1) is 12.0. The Bertz CT molecular complexity index is 387. The number of alkyl halides is 2. The first-order chi connectivity index (χ1) is 7.56. The number of aromatic nitrogens is 2. The van der Waals surface area contributed by atoms with Crippen LogP contribution in [-0.4, -0.2) is 34.9 Å². The molecule has 1 aromatic rings. The fraction of sp³-hybridized carbons (Fsp3) is 0.429. The molecule has 0 amide bonds. The molecule has 88 valence electrons. The zero-order valence-electron chi connectivity index (χ0n) is 8.28. The van der Waals surface area contributed by atoms with Crippen LogP contribution in [0.3, 0.4) is 0 Å². The quantitative estimate of drug-likeness (QED) is 0.584. The first-order valence-corrected chi connectivity index (χ1v) is 4.25. The Hall–Kier alpha value is -2.06. The molecule has 0 bridgehead atoms. The molecule has 0 radical (unpaired) electrons. The van der Waals surface area contributed by atoms with Gasteiger partial charge in [0, 0.05) is 7.05 Å². The summed E-state index contributed by atoms with van der Waals surface area (Å²) in [6.45, 7) is -0.707. The van der Waals surface area contributed by atoms with Gasteiger partial charge in [0.05, 0.1) is 11.5 Å². The minimum Gasteiger partial charge on any atom is -0.367 e. The second-order valence-electron chi connectivity index (χ2n) is 2.70. The molecular weight excluding hydrogens is 224 g/mol. The highest BCUT2D eigenvalue weighted by atomic mass is 19.3. The zero-order valence-corrected chi connectivity index (χ0v) is 8.28. The SMILES string of the molecule is CNc1ncnc(NCC(F)F)c1[N+](=O)[O-]. The van der Waals surface area contributed by atoms with Crippen molar-refractivity contribution in [2.24, 2.45) is 0 Å². The predicted octanol–water partition coefficient (Wildman–Crippen LogP) is 1.10. The highest BCUT2D eigenvalue weighted by Gasteiger charge is 2.22. The summed E-state index contributed by atoms with van der Waals surface area (Å²) in [5.74, 6) is -0.263. The minimum absolute atomic E-state index is 0.0308. The van der Waals surface area contributed by atoms with Crippen molar-refractivity contribution in [1.82, 2.24) is 9.97 Å². The van der Waals surface area contributed by atoms with E-state index >= 15 is 0 Å². The molecule has 0 fully saturated rings. The van der Waals surface area contributed by atoms with E-state index in [-0.39, 0.29) is 11.6 Å². The van der Waals surface area contributed by atoms with E-state index in [1.165, 1.54) is 7.05 Å². The monoisotopic (exact) mass is 233 g/mol. The maximum atomic E-state index is 11.9. The molecular formula is C7H9F2N5O2. The topological polar surface area (TPSA) is 93.0 Å². The van der Waals surface area contributed by atoms with E-state index in [0.29, 0.717) is 0 Å². The predicted molar refractivity (Wildman–Crippen MR) is 52.7 cm³/mol. The van der Waals surface area contributed by atoms with E-state index in [1.54, 1.807) is 0 Å². The normalized spacial score (nSPS) is 10.2. The van der Waals surface area contributed by atoms with Crippen LogP contribution < -0.4 is 10.6 Å². The van der Waals surface area contributed by atoms with Gasteiger partial charge in [-0.1, -0.05) is 0 Å². The average Bonchev–Trinajstić information content (AvgIpc) is 2.25. The van der Waals surface area contributed by atoms with Gasteiger partial charge in [0.1, 0.15) is 6.33 Å². The fourth-order valence-electron chi connectivity index (χ4n) is 1.04. The summed E-state index contributed by atoms with van der Waals surface area (Å²) < 4.78 is 23.9. The van der Waals surface area contributed by atoms with Crippen molar-refractivity contribution in [3.63, 3.8) is 0 Å². The Morgan fingerprint density at radius 2 is 2.12 bits per heavy atom. The number of rotatable bonds is 5. The number of hydrogen-bond acceptors (Lipinski definition) is 6.